The number of nitrogens with two attached hydrogens (primary N) is 1. The van der Waals surface area contributed by atoms with E-state index in [0.29, 0.717) is 133 Å². The molecule has 41 heteroatoms. The highest BCUT2D eigenvalue weighted by molar-refractivity contribution is 5.80. The van der Waals surface area contributed by atoms with Crippen molar-refractivity contribution in [2.75, 3.05) is 39.3 Å². The Bertz CT molecular complexity index is 5480. The van der Waals surface area contributed by atoms with E-state index in [9.17, 15) is 91.7 Å². The predicted octanol–water partition coefficient (Wildman–Crippen LogP) is 16.5. The van der Waals surface area contributed by atoms with E-state index >= 15 is 0 Å². The van der Waals surface area contributed by atoms with Crippen LogP contribution in [0.25, 0.3) is 0 Å². The van der Waals surface area contributed by atoms with Gasteiger partial charge in [-0.1, -0.05) is 152 Å². The Balaban J connectivity index is 0.000000126. The summed E-state index contributed by atoms with van der Waals surface area (Å²) in [6, 6.07) is 60.9. The first kappa shape index (κ1) is 98.6. The Labute approximate surface area is 775 Å². The summed E-state index contributed by atoms with van der Waals surface area (Å²) in [7, 11) is 0. The molecule has 0 unspecified atom stereocenters. The van der Waals surface area contributed by atoms with Crippen LogP contribution in [-0.2, 0) is 128 Å². The number of aromatic nitrogens is 15. The number of ketones is 1. The molecule has 20 rings (SSSR count). The van der Waals surface area contributed by atoms with Crippen molar-refractivity contribution in [3.05, 3.63) is 238 Å². The van der Waals surface area contributed by atoms with Gasteiger partial charge in [-0.25, -0.2) is 0 Å². The number of benzene rings is 5. The average molecular weight is 1900 g/mol. The van der Waals surface area contributed by atoms with Crippen molar-refractivity contribution in [1.82, 2.24) is 98.7 Å². The number of alkyl halides is 15. The van der Waals surface area contributed by atoms with Gasteiger partial charge in [0.1, 0.15) is 34.9 Å². The van der Waals surface area contributed by atoms with Crippen molar-refractivity contribution >= 4 is 5.78 Å². The van der Waals surface area contributed by atoms with Crippen LogP contribution in [0.4, 0.5) is 65.9 Å². The number of halogens is 15. The van der Waals surface area contributed by atoms with Gasteiger partial charge in [-0.15, -0.1) is 51.0 Å². The molecule has 10 aliphatic rings. The predicted molar refractivity (Wildman–Crippen MR) is 463 cm³/mol. The summed E-state index contributed by atoms with van der Waals surface area (Å²) in [6.45, 7) is 6.57. The number of hydrogen-bond donors (Lipinski definition) is 2. The van der Waals surface area contributed by atoms with Crippen molar-refractivity contribution in [3.8, 4) is 24.3 Å². The molecule has 0 bridgehead atoms. The van der Waals surface area contributed by atoms with Crippen LogP contribution < -0.4 is 11.1 Å². The van der Waals surface area contributed by atoms with Crippen molar-refractivity contribution < 1.29 is 70.7 Å². The molecule has 5 aliphatic carbocycles. The highest BCUT2D eigenvalue weighted by Gasteiger charge is 2.50. The molecule has 0 radical (unpaired) electrons. The SMILES string of the molecule is FC(F)(F)c1nnc2n1CCNC2.N#CC1(c2ccccc2)CCC(=O)CC1.N#CC1(c2ccccc2)CCC(N2CCn3c(nnc3C(F)(F)F)C2)CC1.N#CC1(c2ccccc2)CCC(N2CCn3c(nnc3C(F)(F)F)C2)CC1.N#CC1(c2ccccc2)CCC(N2CCn3c(nnc3C(F)(F)F)C2)CC1.NCC1(c2ccccc2)CCC(N2CCn3c(nnc3C(F)(F)F)C2)CC1. The maximum Gasteiger partial charge on any atom is 0.451 e. The molecule has 5 aromatic carbocycles. The van der Waals surface area contributed by atoms with Gasteiger partial charge in [-0.05, 0) is 143 Å². The molecule has 136 heavy (non-hydrogen) atoms. The van der Waals surface area contributed by atoms with E-state index in [2.05, 4.69) is 124 Å². The van der Waals surface area contributed by atoms with Crippen LogP contribution in [0.2, 0.25) is 0 Å². The Morgan fingerprint density at radius 2 is 0.537 bits per heavy atom. The average Bonchev–Trinajstić information content (AvgIpc) is 1.58. The van der Waals surface area contributed by atoms with Crippen LogP contribution in [0, 0.1) is 45.3 Å². The molecule has 5 aromatic heterocycles. The summed E-state index contributed by atoms with van der Waals surface area (Å²) in [6.07, 6.45) is -6.20. The highest BCUT2D eigenvalue weighted by atomic mass is 19.4. The summed E-state index contributed by atoms with van der Waals surface area (Å²) >= 11 is 0. The third-order valence-corrected chi connectivity index (χ3v) is 29.0. The molecule has 0 saturated heterocycles. The maximum atomic E-state index is 13.0. The number of fused-ring (bicyclic) bond motifs is 5. The fourth-order valence-electron chi connectivity index (χ4n) is 21.2. The molecular weight excluding hydrogens is 1790 g/mol. The lowest BCUT2D eigenvalue weighted by Crippen LogP contribution is -2.47. The zero-order valence-electron chi connectivity index (χ0n) is 74.6. The van der Waals surface area contributed by atoms with Gasteiger partial charge in [0.05, 0.1) is 78.7 Å². The molecule has 720 valence electrons. The quantitative estimate of drug-likeness (QED) is 0.120. The summed E-state index contributed by atoms with van der Waals surface area (Å²) < 4.78 is 198. The fraction of sp³-hybridized carbons (Fsp3) is 0.526. The number of Topliss-reactive ketones (excluding diaryl/α,β-unsaturated/α-hetero) is 1. The van der Waals surface area contributed by atoms with E-state index in [-0.39, 0.29) is 62.0 Å². The maximum absolute atomic E-state index is 13.0. The molecule has 26 nitrogen and oxygen atoms in total. The number of rotatable bonds is 10. The minimum atomic E-state index is -4.47. The van der Waals surface area contributed by atoms with Gasteiger partial charge in [0.25, 0.3) is 0 Å². The van der Waals surface area contributed by atoms with Crippen LogP contribution >= 0.6 is 0 Å². The van der Waals surface area contributed by atoms with Gasteiger partial charge in [0, 0.05) is 114 Å². The Hall–Kier alpha value is -11.9. The molecule has 3 N–H and O–H groups in total. The third kappa shape index (κ3) is 21.7. The Morgan fingerprint density at radius 3 is 0.779 bits per heavy atom. The van der Waals surface area contributed by atoms with Gasteiger partial charge in [-0.3, -0.25) is 24.4 Å². The number of nitriles is 4. The zero-order chi connectivity index (χ0) is 96.5. The first-order valence-electron chi connectivity index (χ1n) is 45.8. The summed E-state index contributed by atoms with van der Waals surface area (Å²) in [5.74, 6) is -2.36. The first-order chi connectivity index (χ1) is 65.1. The molecule has 5 fully saturated rings. The second kappa shape index (κ2) is 41.2. The molecule has 0 amide bonds. The first-order valence-corrected chi connectivity index (χ1v) is 45.8. The van der Waals surface area contributed by atoms with Gasteiger partial charge in [0.15, 0.2) is 0 Å². The van der Waals surface area contributed by atoms with E-state index in [1.165, 1.54) is 23.8 Å². The smallest absolute Gasteiger partial charge is 0.330 e. The number of carbonyl (C=O) groups excluding carboxylic acids is 1. The Kier molecular flexibility index (Phi) is 29.9. The largest absolute Gasteiger partial charge is 0.451 e. The van der Waals surface area contributed by atoms with E-state index in [0.717, 1.165) is 130 Å². The number of carbonyl (C=O) groups is 1. The third-order valence-electron chi connectivity index (χ3n) is 29.0. The number of nitrogens with one attached hydrogen (secondary N) is 1. The number of nitrogens with zero attached hydrogens (tertiary/aromatic N) is 23. The minimum absolute atomic E-state index is 0.0109. The van der Waals surface area contributed by atoms with Gasteiger partial charge in [0.2, 0.25) is 29.1 Å². The van der Waals surface area contributed by atoms with Crippen LogP contribution in [0.1, 0.15) is 214 Å². The lowest BCUT2D eigenvalue weighted by atomic mass is 9.68. The molecule has 5 aliphatic heterocycles. The van der Waals surface area contributed by atoms with Crippen LogP contribution in [-0.4, -0.2) is 163 Å². The second-order valence-electron chi connectivity index (χ2n) is 36.6. The van der Waals surface area contributed by atoms with Crippen molar-refractivity contribution in [3.63, 3.8) is 0 Å². The van der Waals surface area contributed by atoms with E-state index in [1.54, 1.807) is 0 Å². The van der Waals surface area contributed by atoms with E-state index < -0.39 is 81.7 Å². The second-order valence-corrected chi connectivity index (χ2v) is 36.6. The fourth-order valence-corrected chi connectivity index (χ4v) is 21.2. The zero-order valence-corrected chi connectivity index (χ0v) is 74.6. The molecule has 10 aromatic rings. The summed E-state index contributed by atoms with van der Waals surface area (Å²) in [4.78, 5) is 20.0. The summed E-state index contributed by atoms with van der Waals surface area (Å²) in [5, 5.41) is 76.7. The molecule has 5 saturated carbocycles. The van der Waals surface area contributed by atoms with Crippen LogP contribution in [0.3, 0.4) is 0 Å². The van der Waals surface area contributed by atoms with Gasteiger partial charge >= 0.3 is 30.9 Å². The number of hydrogen-bond acceptors (Lipinski definition) is 21. The molecule has 10 heterocycles. The lowest BCUT2D eigenvalue weighted by Gasteiger charge is -2.44. The highest BCUT2D eigenvalue weighted by Crippen LogP contribution is 2.48. The Morgan fingerprint density at radius 1 is 0.309 bits per heavy atom. The van der Waals surface area contributed by atoms with E-state index in [1.807, 2.05) is 127 Å². The lowest BCUT2D eigenvalue weighted by molar-refractivity contribution is -0.148. The van der Waals surface area contributed by atoms with Crippen molar-refractivity contribution in [1.29, 1.82) is 21.0 Å². The van der Waals surface area contributed by atoms with Crippen molar-refractivity contribution in [2.24, 2.45) is 5.73 Å². The van der Waals surface area contributed by atoms with E-state index in [4.69, 9.17) is 5.73 Å². The molecule has 0 spiro atoms. The molecule has 0 atom stereocenters. The monoisotopic (exact) mass is 1900 g/mol. The normalized spacial score (nSPS) is 24.8. The van der Waals surface area contributed by atoms with Crippen LogP contribution in [0.5, 0.6) is 0 Å². The summed E-state index contributed by atoms with van der Waals surface area (Å²) in [5.41, 5.74) is 9.88. The topological polar surface area (TPSA) is 317 Å². The standard InChI is InChI=1S/C19H24F3N5.3C19H20F3N5.C13H13NO.C6H7F3N4/c4*20-19(21,22)17-25-24-16-12-26(10-11-27(16)17)15-6-8-18(13-23,9-7-15)14-4-2-1-3-5-14;14-10-13(8-6-12(15)7-9-13)11-4-2-1-3-5-11;7-6(8,9)5-12-11-4-3-10-1-2-13(4)5/h1-5,15H,6-13,23H2;3*1-5,15H,6-12H2;1-5H,6-9H2;10H,1-3H2. The minimum Gasteiger partial charge on any atom is -0.330 e. The van der Waals surface area contributed by atoms with Gasteiger partial charge < -0.3 is 33.9 Å². The van der Waals surface area contributed by atoms with Gasteiger partial charge in [-0.2, -0.15) is 86.9 Å². The van der Waals surface area contributed by atoms with Crippen molar-refractivity contribution in [2.45, 2.75) is 276 Å². The van der Waals surface area contributed by atoms with Crippen LogP contribution in [0.15, 0.2) is 152 Å². The molecular formula is C95H104F15N25O.